The molecule has 0 bridgehead atoms. The number of nitrogen functional groups attached to an aromatic ring is 1. The van der Waals surface area contributed by atoms with Gasteiger partial charge in [-0.3, -0.25) is 0 Å². The summed E-state index contributed by atoms with van der Waals surface area (Å²) in [6, 6.07) is 0. The van der Waals surface area contributed by atoms with Crippen molar-refractivity contribution in [1.82, 2.24) is 9.78 Å². The van der Waals surface area contributed by atoms with E-state index in [2.05, 4.69) is 18.9 Å². The SMILES string of the molecule is CCCn1nc(C(=O)OCC)c(CC(C)C)c1N. The lowest BCUT2D eigenvalue weighted by Crippen LogP contribution is -2.10. The van der Waals surface area contributed by atoms with E-state index in [1.807, 2.05) is 6.92 Å². The van der Waals surface area contributed by atoms with Crippen LogP contribution in [0.1, 0.15) is 50.2 Å². The van der Waals surface area contributed by atoms with E-state index in [0.717, 1.165) is 24.9 Å². The van der Waals surface area contributed by atoms with Crippen LogP contribution in [0.5, 0.6) is 0 Å². The summed E-state index contributed by atoms with van der Waals surface area (Å²) in [7, 11) is 0. The molecular formula is C13H23N3O2. The van der Waals surface area contributed by atoms with E-state index in [9.17, 15) is 4.79 Å². The molecule has 0 aliphatic heterocycles. The monoisotopic (exact) mass is 253 g/mol. The molecule has 0 saturated heterocycles. The fourth-order valence-electron chi connectivity index (χ4n) is 1.87. The molecule has 0 radical (unpaired) electrons. The van der Waals surface area contributed by atoms with Gasteiger partial charge in [-0.05, 0) is 25.7 Å². The largest absolute Gasteiger partial charge is 0.461 e. The first kappa shape index (κ1) is 14.5. The molecule has 0 atom stereocenters. The number of carbonyl (C=O) groups is 1. The number of carbonyl (C=O) groups excluding carboxylic acids is 1. The molecular weight excluding hydrogens is 230 g/mol. The number of anilines is 1. The summed E-state index contributed by atoms with van der Waals surface area (Å²) in [6.45, 7) is 9.08. The van der Waals surface area contributed by atoms with Crippen LogP contribution in [0, 0.1) is 5.92 Å². The highest BCUT2D eigenvalue weighted by molar-refractivity contribution is 5.90. The van der Waals surface area contributed by atoms with Gasteiger partial charge in [0.15, 0.2) is 5.69 Å². The standard InChI is InChI=1S/C13H23N3O2/c1-5-7-16-12(14)10(8-9(3)4)11(15-16)13(17)18-6-2/h9H,5-8,14H2,1-4H3. The van der Waals surface area contributed by atoms with E-state index < -0.39 is 0 Å². The Balaban J connectivity index is 3.12. The smallest absolute Gasteiger partial charge is 0.359 e. The second-order valence-electron chi connectivity index (χ2n) is 4.75. The van der Waals surface area contributed by atoms with Gasteiger partial charge >= 0.3 is 5.97 Å². The van der Waals surface area contributed by atoms with Crippen molar-refractivity contribution >= 4 is 11.8 Å². The maximum absolute atomic E-state index is 11.9. The molecule has 1 aromatic rings. The van der Waals surface area contributed by atoms with Gasteiger partial charge in [0, 0.05) is 12.1 Å². The average molecular weight is 253 g/mol. The van der Waals surface area contributed by atoms with Gasteiger partial charge in [0.2, 0.25) is 0 Å². The van der Waals surface area contributed by atoms with Gasteiger partial charge in [-0.15, -0.1) is 0 Å². The minimum atomic E-state index is -0.380. The predicted molar refractivity (Wildman–Crippen MR) is 71.4 cm³/mol. The number of rotatable bonds is 6. The van der Waals surface area contributed by atoms with Crippen molar-refractivity contribution in [3.8, 4) is 0 Å². The van der Waals surface area contributed by atoms with E-state index in [0.29, 0.717) is 24.0 Å². The molecule has 102 valence electrons. The Bertz CT molecular complexity index is 411. The molecule has 0 saturated carbocycles. The molecule has 1 heterocycles. The lowest BCUT2D eigenvalue weighted by Gasteiger charge is -2.06. The van der Waals surface area contributed by atoms with Gasteiger partial charge in [0.1, 0.15) is 5.82 Å². The Kier molecular flexibility index (Phi) is 5.19. The maximum atomic E-state index is 11.9. The van der Waals surface area contributed by atoms with E-state index in [-0.39, 0.29) is 5.97 Å². The van der Waals surface area contributed by atoms with Crippen molar-refractivity contribution in [2.75, 3.05) is 12.3 Å². The third-order valence-corrected chi connectivity index (χ3v) is 2.61. The van der Waals surface area contributed by atoms with Gasteiger partial charge in [0.05, 0.1) is 6.61 Å². The van der Waals surface area contributed by atoms with Crippen LogP contribution >= 0.6 is 0 Å². The summed E-state index contributed by atoms with van der Waals surface area (Å²) in [6.07, 6.45) is 1.67. The molecule has 0 aliphatic carbocycles. The van der Waals surface area contributed by atoms with Gasteiger partial charge in [-0.1, -0.05) is 20.8 Å². The lowest BCUT2D eigenvalue weighted by molar-refractivity contribution is 0.0517. The van der Waals surface area contributed by atoms with Crippen LogP contribution in [0.15, 0.2) is 0 Å². The van der Waals surface area contributed by atoms with Crippen molar-refractivity contribution in [3.05, 3.63) is 11.3 Å². The highest BCUT2D eigenvalue weighted by atomic mass is 16.5. The fourth-order valence-corrected chi connectivity index (χ4v) is 1.87. The number of hydrogen-bond acceptors (Lipinski definition) is 4. The lowest BCUT2D eigenvalue weighted by atomic mass is 10.0. The predicted octanol–water partition coefficient (Wildman–Crippen LogP) is 2.25. The maximum Gasteiger partial charge on any atom is 0.359 e. The topological polar surface area (TPSA) is 70.1 Å². The quantitative estimate of drug-likeness (QED) is 0.789. The summed E-state index contributed by atoms with van der Waals surface area (Å²) < 4.78 is 6.72. The summed E-state index contributed by atoms with van der Waals surface area (Å²) >= 11 is 0. The van der Waals surface area contributed by atoms with Crippen molar-refractivity contribution in [1.29, 1.82) is 0 Å². The number of aromatic nitrogens is 2. The zero-order valence-electron chi connectivity index (χ0n) is 11.7. The van der Waals surface area contributed by atoms with Gasteiger partial charge in [0.25, 0.3) is 0 Å². The Morgan fingerprint density at radius 1 is 1.44 bits per heavy atom. The number of hydrogen-bond donors (Lipinski definition) is 1. The normalized spacial score (nSPS) is 10.9. The van der Waals surface area contributed by atoms with E-state index >= 15 is 0 Å². The zero-order chi connectivity index (χ0) is 13.7. The third-order valence-electron chi connectivity index (χ3n) is 2.61. The van der Waals surface area contributed by atoms with E-state index in [4.69, 9.17) is 10.5 Å². The van der Waals surface area contributed by atoms with Gasteiger partial charge < -0.3 is 10.5 Å². The molecule has 5 heteroatoms. The average Bonchev–Trinajstić information content (AvgIpc) is 2.58. The molecule has 1 rings (SSSR count). The minimum Gasteiger partial charge on any atom is -0.461 e. The molecule has 0 amide bonds. The molecule has 0 spiro atoms. The van der Waals surface area contributed by atoms with Crippen LogP contribution in [0.3, 0.4) is 0 Å². The van der Waals surface area contributed by atoms with Crippen LogP contribution in [0.25, 0.3) is 0 Å². The summed E-state index contributed by atoms with van der Waals surface area (Å²) in [5.74, 6) is 0.628. The summed E-state index contributed by atoms with van der Waals surface area (Å²) in [5, 5.41) is 4.29. The highest BCUT2D eigenvalue weighted by Crippen LogP contribution is 2.22. The molecule has 0 unspecified atom stereocenters. The van der Waals surface area contributed by atoms with Crippen LogP contribution in [0.4, 0.5) is 5.82 Å². The first-order valence-corrected chi connectivity index (χ1v) is 6.53. The first-order chi connectivity index (χ1) is 8.51. The number of aryl methyl sites for hydroxylation is 1. The van der Waals surface area contributed by atoms with Crippen LogP contribution < -0.4 is 5.73 Å². The van der Waals surface area contributed by atoms with Gasteiger partial charge in [-0.25, -0.2) is 9.48 Å². The van der Waals surface area contributed by atoms with Crippen LogP contribution in [0.2, 0.25) is 0 Å². The molecule has 0 aromatic carbocycles. The molecule has 1 aromatic heterocycles. The molecule has 5 nitrogen and oxygen atoms in total. The zero-order valence-corrected chi connectivity index (χ0v) is 11.7. The molecule has 2 N–H and O–H groups in total. The van der Waals surface area contributed by atoms with Crippen LogP contribution in [-0.2, 0) is 17.7 Å². The Morgan fingerprint density at radius 3 is 2.61 bits per heavy atom. The number of esters is 1. The van der Waals surface area contributed by atoms with Crippen LogP contribution in [-0.4, -0.2) is 22.4 Å². The second-order valence-corrected chi connectivity index (χ2v) is 4.75. The van der Waals surface area contributed by atoms with Crippen molar-refractivity contribution < 1.29 is 9.53 Å². The summed E-state index contributed by atoms with van der Waals surface area (Å²) in [5.41, 5.74) is 7.25. The first-order valence-electron chi connectivity index (χ1n) is 6.53. The Morgan fingerprint density at radius 2 is 2.11 bits per heavy atom. The van der Waals surface area contributed by atoms with Crippen molar-refractivity contribution in [2.24, 2.45) is 5.92 Å². The van der Waals surface area contributed by atoms with E-state index in [1.54, 1.807) is 11.6 Å². The summed E-state index contributed by atoms with van der Waals surface area (Å²) in [4.78, 5) is 11.9. The Labute approximate surface area is 108 Å². The van der Waals surface area contributed by atoms with Crippen molar-refractivity contribution in [3.63, 3.8) is 0 Å². The highest BCUT2D eigenvalue weighted by Gasteiger charge is 2.22. The number of nitrogens with zero attached hydrogens (tertiary/aromatic N) is 2. The Hall–Kier alpha value is -1.52. The van der Waals surface area contributed by atoms with E-state index in [1.165, 1.54) is 0 Å². The molecule has 0 fully saturated rings. The molecule has 18 heavy (non-hydrogen) atoms. The number of ether oxygens (including phenoxy) is 1. The second kappa shape index (κ2) is 6.42. The molecule has 0 aliphatic rings. The third kappa shape index (κ3) is 3.24. The number of nitrogens with two attached hydrogens (primary N) is 1. The minimum absolute atomic E-state index is 0.348. The van der Waals surface area contributed by atoms with Gasteiger partial charge in [-0.2, -0.15) is 5.10 Å². The van der Waals surface area contributed by atoms with Crippen molar-refractivity contribution in [2.45, 2.75) is 47.1 Å². The fraction of sp³-hybridized carbons (Fsp3) is 0.692.